The van der Waals surface area contributed by atoms with E-state index in [-0.39, 0.29) is 0 Å². The van der Waals surface area contributed by atoms with E-state index >= 15 is 0 Å². The second kappa shape index (κ2) is 3.63. The number of hydrogen-bond donors (Lipinski definition) is 1. The smallest absolute Gasteiger partial charge is 0.106 e. The molecule has 2 aliphatic rings. The lowest BCUT2D eigenvalue weighted by atomic mass is 9.95. The lowest BCUT2D eigenvalue weighted by Crippen LogP contribution is -2.33. The Hall–Kier alpha value is -0.410. The van der Waals surface area contributed by atoms with Crippen LogP contribution in [0.25, 0.3) is 0 Å². The van der Waals surface area contributed by atoms with Gasteiger partial charge in [-0.1, -0.05) is 6.42 Å². The minimum Gasteiger partial charge on any atom is -0.307 e. The van der Waals surface area contributed by atoms with Crippen LogP contribution in [0.3, 0.4) is 0 Å². The molecule has 0 saturated heterocycles. The summed E-state index contributed by atoms with van der Waals surface area (Å²) >= 11 is 1.75. The van der Waals surface area contributed by atoms with Gasteiger partial charge >= 0.3 is 0 Å². The largest absolute Gasteiger partial charge is 0.307 e. The number of rotatable bonds is 3. The molecule has 76 valence electrons. The SMILES string of the molecule is c1csc(CNC2CC3CCC2C3)n1. The Balaban J connectivity index is 1.54. The fraction of sp³-hybridized carbons (Fsp3) is 0.727. The minimum atomic E-state index is 0.789. The third-order valence-electron chi connectivity index (χ3n) is 3.74. The summed E-state index contributed by atoms with van der Waals surface area (Å²) in [6.45, 7) is 0.978. The molecule has 1 heterocycles. The molecule has 1 aromatic heterocycles. The van der Waals surface area contributed by atoms with Crippen molar-refractivity contribution in [2.75, 3.05) is 0 Å². The standard InChI is InChI=1S/C11H16N2S/c1-2-9-5-8(1)6-10(9)13-7-11-12-3-4-14-11/h3-4,8-10,13H,1-2,5-7H2. The molecule has 2 aliphatic carbocycles. The molecule has 0 radical (unpaired) electrons. The van der Waals surface area contributed by atoms with Crippen molar-refractivity contribution in [2.45, 2.75) is 38.3 Å². The van der Waals surface area contributed by atoms with E-state index in [1.807, 2.05) is 6.20 Å². The zero-order chi connectivity index (χ0) is 9.38. The number of thiazole rings is 1. The first-order valence-corrected chi connectivity index (χ1v) is 6.41. The van der Waals surface area contributed by atoms with E-state index in [0.717, 1.165) is 24.4 Å². The molecular formula is C11H16N2S. The number of nitrogens with zero attached hydrogens (tertiary/aromatic N) is 1. The molecule has 2 fully saturated rings. The highest BCUT2D eigenvalue weighted by molar-refractivity contribution is 7.09. The Bertz CT molecular complexity index is 296. The zero-order valence-corrected chi connectivity index (χ0v) is 9.09. The molecule has 1 N–H and O–H groups in total. The first kappa shape index (κ1) is 8.86. The van der Waals surface area contributed by atoms with E-state index in [4.69, 9.17) is 0 Å². The summed E-state index contributed by atoms with van der Waals surface area (Å²) in [6, 6.07) is 0.789. The molecule has 0 spiro atoms. The Morgan fingerprint density at radius 2 is 2.43 bits per heavy atom. The molecule has 1 aromatic rings. The number of aromatic nitrogens is 1. The Labute approximate surface area is 88.7 Å². The third kappa shape index (κ3) is 1.59. The fourth-order valence-corrected chi connectivity index (χ4v) is 3.62. The summed E-state index contributed by atoms with van der Waals surface area (Å²) in [5.41, 5.74) is 0. The predicted octanol–water partition coefficient (Wildman–Crippen LogP) is 2.42. The Morgan fingerprint density at radius 3 is 3.07 bits per heavy atom. The molecule has 3 heteroatoms. The van der Waals surface area contributed by atoms with Crippen LogP contribution < -0.4 is 5.32 Å². The van der Waals surface area contributed by atoms with Crippen molar-refractivity contribution in [3.63, 3.8) is 0 Å². The van der Waals surface area contributed by atoms with Gasteiger partial charge in [0.2, 0.25) is 0 Å². The number of nitrogens with one attached hydrogen (secondary N) is 1. The van der Waals surface area contributed by atoms with Crippen molar-refractivity contribution in [3.8, 4) is 0 Å². The minimum absolute atomic E-state index is 0.789. The molecule has 14 heavy (non-hydrogen) atoms. The quantitative estimate of drug-likeness (QED) is 0.825. The van der Waals surface area contributed by atoms with Gasteiger partial charge in [-0.2, -0.15) is 0 Å². The van der Waals surface area contributed by atoms with Crippen LogP contribution in [0.1, 0.15) is 30.7 Å². The molecule has 0 amide bonds. The number of fused-ring (bicyclic) bond motifs is 2. The lowest BCUT2D eigenvalue weighted by Gasteiger charge is -2.22. The van der Waals surface area contributed by atoms with E-state index in [1.54, 1.807) is 11.3 Å². The van der Waals surface area contributed by atoms with Crippen molar-refractivity contribution >= 4 is 11.3 Å². The Kier molecular flexibility index (Phi) is 2.30. The van der Waals surface area contributed by atoms with Crippen LogP contribution in [0.2, 0.25) is 0 Å². The van der Waals surface area contributed by atoms with E-state index in [2.05, 4.69) is 15.7 Å². The van der Waals surface area contributed by atoms with Gasteiger partial charge in [0.25, 0.3) is 0 Å². The Morgan fingerprint density at radius 1 is 1.43 bits per heavy atom. The van der Waals surface area contributed by atoms with Gasteiger partial charge in [-0.3, -0.25) is 0 Å². The van der Waals surface area contributed by atoms with Gasteiger partial charge in [-0.15, -0.1) is 11.3 Å². The lowest BCUT2D eigenvalue weighted by molar-refractivity contribution is 0.350. The second-order valence-electron chi connectivity index (χ2n) is 4.59. The van der Waals surface area contributed by atoms with Crippen LogP contribution in [0.4, 0.5) is 0 Å². The molecule has 2 bridgehead atoms. The number of hydrogen-bond acceptors (Lipinski definition) is 3. The summed E-state index contributed by atoms with van der Waals surface area (Å²) in [6.07, 6.45) is 7.73. The van der Waals surface area contributed by atoms with Gasteiger partial charge < -0.3 is 5.32 Å². The van der Waals surface area contributed by atoms with Crippen molar-refractivity contribution in [1.29, 1.82) is 0 Å². The van der Waals surface area contributed by atoms with Gasteiger partial charge in [-0.25, -0.2) is 4.98 Å². The summed E-state index contributed by atoms with van der Waals surface area (Å²) in [4.78, 5) is 4.30. The summed E-state index contributed by atoms with van der Waals surface area (Å²) in [5, 5.41) is 6.95. The summed E-state index contributed by atoms with van der Waals surface area (Å²) in [7, 11) is 0. The molecule has 2 saturated carbocycles. The normalized spacial score (nSPS) is 35.3. The fourth-order valence-electron chi connectivity index (χ4n) is 3.05. The summed E-state index contributed by atoms with van der Waals surface area (Å²) in [5.74, 6) is 2.01. The highest BCUT2D eigenvalue weighted by atomic mass is 32.1. The van der Waals surface area contributed by atoms with Crippen molar-refractivity contribution in [1.82, 2.24) is 10.3 Å². The molecule has 2 nitrogen and oxygen atoms in total. The highest BCUT2D eigenvalue weighted by Gasteiger charge is 2.38. The molecule has 0 aromatic carbocycles. The van der Waals surface area contributed by atoms with E-state index in [0.29, 0.717) is 0 Å². The topological polar surface area (TPSA) is 24.9 Å². The second-order valence-corrected chi connectivity index (χ2v) is 5.57. The molecule has 3 rings (SSSR count). The van der Waals surface area contributed by atoms with Gasteiger partial charge in [-0.05, 0) is 31.1 Å². The van der Waals surface area contributed by atoms with E-state index < -0.39 is 0 Å². The van der Waals surface area contributed by atoms with Crippen LogP contribution in [-0.4, -0.2) is 11.0 Å². The van der Waals surface area contributed by atoms with Crippen LogP contribution in [-0.2, 0) is 6.54 Å². The monoisotopic (exact) mass is 208 g/mol. The molecule has 3 atom stereocenters. The molecule has 3 unspecified atom stereocenters. The average molecular weight is 208 g/mol. The molecule has 0 aliphatic heterocycles. The first-order chi connectivity index (χ1) is 6.92. The van der Waals surface area contributed by atoms with Crippen LogP contribution in [0, 0.1) is 11.8 Å². The van der Waals surface area contributed by atoms with E-state index in [1.165, 1.54) is 30.7 Å². The van der Waals surface area contributed by atoms with Crippen molar-refractivity contribution in [3.05, 3.63) is 16.6 Å². The van der Waals surface area contributed by atoms with Crippen LogP contribution in [0.5, 0.6) is 0 Å². The first-order valence-electron chi connectivity index (χ1n) is 5.53. The zero-order valence-electron chi connectivity index (χ0n) is 8.28. The van der Waals surface area contributed by atoms with E-state index in [9.17, 15) is 0 Å². The van der Waals surface area contributed by atoms with Gasteiger partial charge in [0.05, 0.1) is 0 Å². The highest BCUT2D eigenvalue weighted by Crippen LogP contribution is 2.44. The predicted molar refractivity (Wildman–Crippen MR) is 58.2 cm³/mol. The van der Waals surface area contributed by atoms with Crippen molar-refractivity contribution < 1.29 is 0 Å². The van der Waals surface area contributed by atoms with Gasteiger partial charge in [0.15, 0.2) is 0 Å². The van der Waals surface area contributed by atoms with Crippen LogP contribution in [0.15, 0.2) is 11.6 Å². The average Bonchev–Trinajstić information content (AvgIpc) is 2.91. The van der Waals surface area contributed by atoms with Crippen molar-refractivity contribution in [2.24, 2.45) is 11.8 Å². The van der Waals surface area contributed by atoms with Gasteiger partial charge in [0, 0.05) is 24.2 Å². The maximum absolute atomic E-state index is 4.30. The molecular weight excluding hydrogens is 192 g/mol. The third-order valence-corrected chi connectivity index (χ3v) is 4.52. The maximum Gasteiger partial charge on any atom is 0.106 e. The summed E-state index contributed by atoms with van der Waals surface area (Å²) < 4.78 is 0. The van der Waals surface area contributed by atoms with Gasteiger partial charge in [0.1, 0.15) is 5.01 Å². The maximum atomic E-state index is 4.30. The van der Waals surface area contributed by atoms with Crippen LogP contribution >= 0.6 is 11.3 Å².